The fourth-order valence-electron chi connectivity index (χ4n) is 2.46. The highest BCUT2D eigenvalue weighted by atomic mass is 79.9. The number of aliphatic imine (C=N–C) groups is 1. The lowest BCUT2D eigenvalue weighted by Crippen LogP contribution is -2.02. The molecule has 0 bridgehead atoms. The Hall–Kier alpha value is -2.72. The summed E-state index contributed by atoms with van der Waals surface area (Å²) in [7, 11) is 0. The van der Waals surface area contributed by atoms with E-state index >= 15 is 0 Å². The van der Waals surface area contributed by atoms with Gasteiger partial charge < -0.3 is 5.11 Å². The Morgan fingerprint density at radius 2 is 1.80 bits per heavy atom. The van der Waals surface area contributed by atoms with Crippen LogP contribution < -0.4 is 0 Å². The van der Waals surface area contributed by atoms with Crippen LogP contribution >= 0.6 is 15.9 Å². The van der Waals surface area contributed by atoms with Gasteiger partial charge in [0.1, 0.15) is 5.75 Å². The maximum atomic E-state index is 12.8. The Bertz CT molecular complexity index is 949. The highest BCUT2D eigenvalue weighted by Gasteiger charge is 2.13. The molecule has 0 saturated carbocycles. The van der Waals surface area contributed by atoms with E-state index in [1.165, 1.54) is 0 Å². The number of benzene rings is 3. The van der Waals surface area contributed by atoms with Crippen LogP contribution in [0.25, 0.3) is 0 Å². The van der Waals surface area contributed by atoms with Crippen molar-refractivity contribution in [2.45, 2.75) is 6.92 Å². The molecule has 0 radical (unpaired) electrons. The van der Waals surface area contributed by atoms with Crippen molar-refractivity contribution < 1.29 is 9.90 Å². The lowest BCUT2D eigenvalue weighted by Gasteiger charge is -2.07. The molecule has 0 amide bonds. The van der Waals surface area contributed by atoms with Crippen LogP contribution in [0.5, 0.6) is 5.75 Å². The number of aromatic hydroxyl groups is 1. The number of ketones is 1. The molecule has 0 spiro atoms. The minimum Gasteiger partial charge on any atom is -0.507 e. The van der Waals surface area contributed by atoms with Crippen LogP contribution in [0.3, 0.4) is 0 Å². The van der Waals surface area contributed by atoms with Crippen LogP contribution in [0.1, 0.15) is 27.0 Å². The van der Waals surface area contributed by atoms with E-state index < -0.39 is 0 Å². The number of hydrogen-bond donors (Lipinski definition) is 1. The highest BCUT2D eigenvalue weighted by Crippen LogP contribution is 2.25. The third-order valence-electron chi connectivity index (χ3n) is 3.76. The molecular formula is C21H16BrNO2. The van der Waals surface area contributed by atoms with E-state index in [9.17, 15) is 9.90 Å². The molecule has 1 N–H and O–H groups in total. The van der Waals surface area contributed by atoms with Crippen molar-refractivity contribution in [3.63, 3.8) is 0 Å². The van der Waals surface area contributed by atoms with Gasteiger partial charge in [-0.05, 0) is 37.3 Å². The Kier molecular flexibility index (Phi) is 5.10. The first kappa shape index (κ1) is 17.1. The van der Waals surface area contributed by atoms with Crippen LogP contribution in [0.2, 0.25) is 0 Å². The average Bonchev–Trinajstić information content (AvgIpc) is 2.63. The summed E-state index contributed by atoms with van der Waals surface area (Å²) < 4.78 is 0.844. The third kappa shape index (κ3) is 4.03. The summed E-state index contributed by atoms with van der Waals surface area (Å²) in [6, 6.07) is 19.8. The Morgan fingerprint density at radius 1 is 1.04 bits per heavy atom. The van der Waals surface area contributed by atoms with Crippen molar-refractivity contribution in [1.82, 2.24) is 0 Å². The van der Waals surface area contributed by atoms with E-state index in [2.05, 4.69) is 20.9 Å². The van der Waals surface area contributed by atoms with Crippen LogP contribution in [0.4, 0.5) is 5.69 Å². The van der Waals surface area contributed by atoms with Crippen molar-refractivity contribution in [1.29, 1.82) is 0 Å². The maximum absolute atomic E-state index is 12.8. The second-order valence-electron chi connectivity index (χ2n) is 5.68. The molecule has 124 valence electrons. The first-order chi connectivity index (χ1) is 12.0. The zero-order chi connectivity index (χ0) is 17.8. The summed E-state index contributed by atoms with van der Waals surface area (Å²) in [5, 5.41) is 9.93. The SMILES string of the molecule is Cc1ccc(N=Cc2cc(Br)ccc2O)c(C(=O)c2ccccc2)c1. The van der Waals surface area contributed by atoms with Crippen molar-refractivity contribution in [3.05, 3.63) is 93.5 Å². The van der Waals surface area contributed by atoms with Gasteiger partial charge in [0.2, 0.25) is 0 Å². The van der Waals surface area contributed by atoms with Gasteiger partial charge >= 0.3 is 0 Å². The van der Waals surface area contributed by atoms with Gasteiger partial charge in [-0.3, -0.25) is 9.79 Å². The van der Waals surface area contributed by atoms with Crippen LogP contribution in [-0.2, 0) is 0 Å². The second kappa shape index (κ2) is 7.45. The average molecular weight is 394 g/mol. The highest BCUT2D eigenvalue weighted by molar-refractivity contribution is 9.10. The lowest BCUT2D eigenvalue weighted by atomic mass is 10.00. The summed E-state index contributed by atoms with van der Waals surface area (Å²) in [6.07, 6.45) is 1.56. The number of phenols is 1. The first-order valence-electron chi connectivity index (χ1n) is 7.77. The molecule has 4 heteroatoms. The zero-order valence-electron chi connectivity index (χ0n) is 13.6. The van der Waals surface area contributed by atoms with Crippen molar-refractivity contribution in [3.8, 4) is 5.75 Å². The minimum atomic E-state index is -0.0742. The van der Waals surface area contributed by atoms with Crippen molar-refractivity contribution in [2.75, 3.05) is 0 Å². The van der Waals surface area contributed by atoms with E-state index in [1.807, 2.05) is 43.3 Å². The molecule has 0 aliphatic carbocycles. The summed E-state index contributed by atoms with van der Waals surface area (Å²) in [6.45, 7) is 1.94. The Morgan fingerprint density at radius 3 is 2.56 bits per heavy atom. The van der Waals surface area contributed by atoms with Crippen LogP contribution in [-0.4, -0.2) is 17.1 Å². The van der Waals surface area contributed by atoms with Crippen LogP contribution in [0.15, 0.2) is 76.2 Å². The topological polar surface area (TPSA) is 49.7 Å². The largest absolute Gasteiger partial charge is 0.507 e. The number of hydrogen-bond acceptors (Lipinski definition) is 3. The summed E-state index contributed by atoms with van der Waals surface area (Å²) in [5.74, 6) is 0.0601. The Balaban J connectivity index is 2.01. The molecule has 0 aliphatic rings. The first-order valence-corrected chi connectivity index (χ1v) is 8.57. The van der Waals surface area contributed by atoms with Gasteiger partial charge in [0.15, 0.2) is 5.78 Å². The van der Waals surface area contributed by atoms with E-state index in [-0.39, 0.29) is 11.5 Å². The van der Waals surface area contributed by atoms with E-state index in [1.54, 1.807) is 36.5 Å². The van der Waals surface area contributed by atoms with Gasteiger partial charge in [-0.25, -0.2) is 0 Å². The van der Waals surface area contributed by atoms with E-state index in [4.69, 9.17) is 0 Å². The Labute approximate surface area is 154 Å². The number of rotatable bonds is 4. The lowest BCUT2D eigenvalue weighted by molar-refractivity contribution is 0.103. The molecule has 0 aliphatic heterocycles. The fourth-order valence-corrected chi connectivity index (χ4v) is 2.84. The van der Waals surface area contributed by atoms with Gasteiger partial charge in [-0.15, -0.1) is 0 Å². The predicted octanol–water partition coefficient (Wildman–Crippen LogP) is 5.44. The third-order valence-corrected chi connectivity index (χ3v) is 4.26. The van der Waals surface area contributed by atoms with Gasteiger partial charge in [0.05, 0.1) is 5.69 Å². The molecule has 3 aromatic carbocycles. The number of nitrogens with zero attached hydrogens (tertiary/aromatic N) is 1. The van der Waals surface area contributed by atoms with Crippen LogP contribution in [0, 0.1) is 6.92 Å². The van der Waals surface area contributed by atoms with E-state index in [0.717, 1.165) is 10.0 Å². The number of carbonyl (C=O) groups is 1. The molecule has 3 rings (SSSR count). The number of aryl methyl sites for hydroxylation is 1. The number of carbonyl (C=O) groups excluding carboxylic acids is 1. The zero-order valence-corrected chi connectivity index (χ0v) is 15.2. The normalized spacial score (nSPS) is 11.0. The molecular weight excluding hydrogens is 378 g/mol. The molecule has 0 atom stereocenters. The minimum absolute atomic E-state index is 0.0742. The molecule has 0 saturated heterocycles. The molecule has 25 heavy (non-hydrogen) atoms. The monoisotopic (exact) mass is 393 g/mol. The molecule has 0 unspecified atom stereocenters. The molecule has 0 aromatic heterocycles. The summed E-state index contributed by atoms with van der Waals surface area (Å²) in [4.78, 5) is 17.3. The maximum Gasteiger partial charge on any atom is 0.195 e. The smallest absolute Gasteiger partial charge is 0.195 e. The van der Waals surface area contributed by atoms with Gasteiger partial charge in [-0.2, -0.15) is 0 Å². The molecule has 3 nitrogen and oxygen atoms in total. The molecule has 0 fully saturated rings. The van der Waals surface area contributed by atoms with Crippen molar-refractivity contribution >= 4 is 33.6 Å². The van der Waals surface area contributed by atoms with Gasteiger partial charge in [0.25, 0.3) is 0 Å². The van der Waals surface area contributed by atoms with Crippen molar-refractivity contribution in [2.24, 2.45) is 4.99 Å². The summed E-state index contributed by atoms with van der Waals surface area (Å²) >= 11 is 3.37. The standard InChI is InChI=1S/C21H16BrNO2/c1-14-7-9-19(23-13-16-12-17(22)8-10-20(16)24)18(11-14)21(25)15-5-3-2-4-6-15/h2-13,24H,1H3. The van der Waals surface area contributed by atoms with Gasteiger partial charge in [0, 0.05) is 27.4 Å². The predicted molar refractivity (Wildman–Crippen MR) is 104 cm³/mol. The summed E-state index contributed by atoms with van der Waals surface area (Å²) in [5.41, 5.74) is 3.29. The quantitative estimate of drug-likeness (QED) is 0.473. The van der Waals surface area contributed by atoms with E-state index in [0.29, 0.717) is 22.4 Å². The number of halogens is 1. The fraction of sp³-hybridized carbons (Fsp3) is 0.0476. The number of phenolic OH excluding ortho intramolecular Hbond substituents is 1. The second-order valence-corrected chi connectivity index (χ2v) is 6.59. The molecule has 0 heterocycles. The van der Waals surface area contributed by atoms with Gasteiger partial charge in [-0.1, -0.05) is 57.9 Å². The molecule has 3 aromatic rings.